The molecule has 1 saturated heterocycles. The maximum atomic E-state index is 12.0. The molecule has 0 aromatic heterocycles. The lowest BCUT2D eigenvalue weighted by molar-refractivity contribution is -0.139. The Balaban J connectivity index is 2.30. The average molecular weight is 244 g/mol. The van der Waals surface area contributed by atoms with Crippen LogP contribution in [-0.2, 0) is 14.3 Å². The number of carbonyl (C=O) groups is 1. The Morgan fingerprint density at radius 2 is 2.41 bits per heavy atom. The van der Waals surface area contributed by atoms with E-state index in [0.717, 1.165) is 13.0 Å². The Morgan fingerprint density at radius 1 is 1.65 bits per heavy atom. The lowest BCUT2D eigenvalue weighted by atomic mass is 10.2. The third-order valence-corrected chi connectivity index (χ3v) is 3.09. The van der Waals surface area contributed by atoms with Crippen molar-refractivity contribution < 1.29 is 14.3 Å². The molecule has 1 aliphatic rings. The fraction of sp³-hybridized carbons (Fsp3) is 0.917. The predicted octanol–water partition coefficient (Wildman–Crippen LogP) is 0.248. The molecule has 1 N–H and O–H groups in total. The van der Waals surface area contributed by atoms with E-state index in [1.54, 1.807) is 7.11 Å². The number of hydrogen-bond acceptors (Lipinski definition) is 4. The summed E-state index contributed by atoms with van der Waals surface area (Å²) < 4.78 is 10.7. The Kier molecular flexibility index (Phi) is 6.47. The normalized spacial score (nSPS) is 22.5. The molecule has 1 rings (SSSR count). The van der Waals surface area contributed by atoms with Gasteiger partial charge in [-0.15, -0.1) is 0 Å². The van der Waals surface area contributed by atoms with Crippen LogP contribution >= 0.6 is 0 Å². The quantitative estimate of drug-likeness (QED) is 0.727. The molecule has 0 aromatic carbocycles. The Hall–Kier alpha value is -0.650. The zero-order valence-corrected chi connectivity index (χ0v) is 11.1. The third-order valence-electron chi connectivity index (χ3n) is 3.09. The monoisotopic (exact) mass is 244 g/mol. The van der Waals surface area contributed by atoms with Crippen LogP contribution in [0.2, 0.25) is 0 Å². The smallest absolute Gasteiger partial charge is 0.222 e. The molecule has 5 heteroatoms. The molecule has 17 heavy (non-hydrogen) atoms. The van der Waals surface area contributed by atoms with Gasteiger partial charge in [0.05, 0.1) is 18.8 Å². The minimum absolute atomic E-state index is 0.123. The van der Waals surface area contributed by atoms with Crippen molar-refractivity contribution in [1.29, 1.82) is 0 Å². The summed E-state index contributed by atoms with van der Waals surface area (Å²) in [7, 11) is 3.57. The highest BCUT2D eigenvalue weighted by molar-refractivity contribution is 5.76. The molecule has 1 fully saturated rings. The fourth-order valence-electron chi connectivity index (χ4n) is 1.90. The van der Waals surface area contributed by atoms with Crippen LogP contribution in [0.1, 0.15) is 19.8 Å². The minimum Gasteiger partial charge on any atom is -0.382 e. The van der Waals surface area contributed by atoms with Gasteiger partial charge in [-0.3, -0.25) is 4.79 Å². The summed E-state index contributed by atoms with van der Waals surface area (Å²) in [5.41, 5.74) is 0. The molecule has 5 nitrogen and oxygen atoms in total. The summed E-state index contributed by atoms with van der Waals surface area (Å²) in [4.78, 5) is 13.9. The molecule has 0 bridgehead atoms. The third kappa shape index (κ3) is 5.02. The molecular formula is C12H24N2O3. The summed E-state index contributed by atoms with van der Waals surface area (Å²) in [6.07, 6.45) is 1.61. The first-order valence-corrected chi connectivity index (χ1v) is 6.24. The van der Waals surface area contributed by atoms with E-state index in [-0.39, 0.29) is 18.1 Å². The van der Waals surface area contributed by atoms with E-state index in [9.17, 15) is 4.79 Å². The molecule has 0 saturated carbocycles. The van der Waals surface area contributed by atoms with E-state index in [4.69, 9.17) is 9.47 Å². The molecule has 1 heterocycles. The van der Waals surface area contributed by atoms with Gasteiger partial charge in [0.2, 0.25) is 5.91 Å². The van der Waals surface area contributed by atoms with Gasteiger partial charge in [-0.05, 0) is 20.4 Å². The number of ether oxygens (including phenoxy) is 2. The van der Waals surface area contributed by atoms with Crippen LogP contribution in [0.3, 0.4) is 0 Å². The highest BCUT2D eigenvalue weighted by Crippen LogP contribution is 2.09. The van der Waals surface area contributed by atoms with Crippen LogP contribution in [0.15, 0.2) is 0 Å². The van der Waals surface area contributed by atoms with Gasteiger partial charge in [0, 0.05) is 33.2 Å². The van der Waals surface area contributed by atoms with Crippen molar-refractivity contribution in [2.45, 2.75) is 32.0 Å². The predicted molar refractivity (Wildman–Crippen MR) is 66.0 cm³/mol. The van der Waals surface area contributed by atoms with Crippen molar-refractivity contribution >= 4 is 5.91 Å². The van der Waals surface area contributed by atoms with Gasteiger partial charge in [0.1, 0.15) is 0 Å². The summed E-state index contributed by atoms with van der Waals surface area (Å²) in [6.45, 7) is 4.81. The van der Waals surface area contributed by atoms with Crippen molar-refractivity contribution in [3.8, 4) is 0 Å². The summed E-state index contributed by atoms with van der Waals surface area (Å²) in [5.74, 6) is 0.207. The molecule has 2 unspecified atom stereocenters. The standard InChI is InChI=1S/C12H24N2O3/c1-10(16-3)4-5-12(15)14-6-7-17-11(9-14)8-13-2/h10-11,13H,4-9H2,1-3H3. The zero-order valence-electron chi connectivity index (χ0n) is 11.1. The number of nitrogens with zero attached hydrogens (tertiary/aromatic N) is 1. The van der Waals surface area contributed by atoms with E-state index in [1.165, 1.54) is 0 Å². The zero-order chi connectivity index (χ0) is 12.7. The first kappa shape index (κ1) is 14.4. The fourth-order valence-corrected chi connectivity index (χ4v) is 1.90. The van der Waals surface area contributed by atoms with Crippen molar-refractivity contribution in [1.82, 2.24) is 10.2 Å². The summed E-state index contributed by atoms with van der Waals surface area (Å²) in [6, 6.07) is 0. The number of hydrogen-bond donors (Lipinski definition) is 1. The van der Waals surface area contributed by atoms with Gasteiger partial charge in [-0.25, -0.2) is 0 Å². The van der Waals surface area contributed by atoms with Crippen molar-refractivity contribution in [3.63, 3.8) is 0 Å². The second-order valence-electron chi connectivity index (χ2n) is 4.48. The lowest BCUT2D eigenvalue weighted by Gasteiger charge is -2.33. The molecule has 0 aliphatic carbocycles. The molecule has 0 spiro atoms. The largest absolute Gasteiger partial charge is 0.382 e. The van der Waals surface area contributed by atoms with Gasteiger partial charge < -0.3 is 19.7 Å². The first-order valence-electron chi connectivity index (χ1n) is 6.24. The molecule has 0 aromatic rings. The summed E-state index contributed by atoms with van der Waals surface area (Å²) >= 11 is 0. The maximum absolute atomic E-state index is 12.0. The van der Waals surface area contributed by atoms with Crippen LogP contribution in [0.4, 0.5) is 0 Å². The number of nitrogens with one attached hydrogen (secondary N) is 1. The van der Waals surface area contributed by atoms with Gasteiger partial charge >= 0.3 is 0 Å². The Labute approximate surface area is 103 Å². The van der Waals surface area contributed by atoms with Crippen molar-refractivity contribution in [2.24, 2.45) is 0 Å². The van der Waals surface area contributed by atoms with E-state index >= 15 is 0 Å². The summed E-state index contributed by atoms with van der Waals surface area (Å²) in [5, 5.41) is 3.07. The SMILES string of the molecule is CNCC1CN(C(=O)CCC(C)OC)CCO1. The van der Waals surface area contributed by atoms with E-state index < -0.39 is 0 Å². The molecule has 1 amide bonds. The second-order valence-corrected chi connectivity index (χ2v) is 4.48. The van der Waals surface area contributed by atoms with Crippen LogP contribution in [-0.4, -0.2) is 63.4 Å². The van der Waals surface area contributed by atoms with Crippen molar-refractivity contribution in [2.75, 3.05) is 40.4 Å². The topological polar surface area (TPSA) is 50.8 Å². The van der Waals surface area contributed by atoms with E-state index in [2.05, 4.69) is 5.32 Å². The molecular weight excluding hydrogens is 220 g/mol. The van der Waals surface area contributed by atoms with Gasteiger partial charge in [-0.2, -0.15) is 0 Å². The molecule has 1 aliphatic heterocycles. The highest BCUT2D eigenvalue weighted by Gasteiger charge is 2.23. The molecule has 0 radical (unpaired) electrons. The Bertz CT molecular complexity index is 234. The highest BCUT2D eigenvalue weighted by atomic mass is 16.5. The van der Waals surface area contributed by atoms with Gasteiger partial charge in [-0.1, -0.05) is 0 Å². The first-order chi connectivity index (χ1) is 8.17. The Morgan fingerprint density at radius 3 is 3.06 bits per heavy atom. The molecule has 100 valence electrons. The van der Waals surface area contributed by atoms with E-state index in [0.29, 0.717) is 26.1 Å². The number of carbonyl (C=O) groups excluding carboxylic acids is 1. The number of likely N-dealkylation sites (N-methyl/N-ethyl adjacent to an activating group) is 1. The average Bonchev–Trinajstić information content (AvgIpc) is 2.36. The number of amides is 1. The van der Waals surface area contributed by atoms with Crippen LogP contribution in [0.5, 0.6) is 0 Å². The van der Waals surface area contributed by atoms with Crippen LogP contribution in [0, 0.1) is 0 Å². The van der Waals surface area contributed by atoms with E-state index in [1.807, 2.05) is 18.9 Å². The number of methoxy groups -OCH3 is 1. The minimum atomic E-state index is 0.123. The maximum Gasteiger partial charge on any atom is 0.222 e. The van der Waals surface area contributed by atoms with Crippen LogP contribution in [0.25, 0.3) is 0 Å². The van der Waals surface area contributed by atoms with Gasteiger partial charge in [0.15, 0.2) is 0 Å². The number of rotatable bonds is 6. The lowest BCUT2D eigenvalue weighted by Crippen LogP contribution is -2.48. The second kappa shape index (κ2) is 7.63. The number of morpholine rings is 1. The van der Waals surface area contributed by atoms with Crippen molar-refractivity contribution in [3.05, 3.63) is 0 Å². The van der Waals surface area contributed by atoms with Gasteiger partial charge in [0.25, 0.3) is 0 Å². The van der Waals surface area contributed by atoms with Crippen LogP contribution < -0.4 is 5.32 Å². The molecule has 2 atom stereocenters.